The third kappa shape index (κ3) is 5.56. The van der Waals surface area contributed by atoms with Gasteiger partial charge in [-0.1, -0.05) is 38.8 Å². The lowest BCUT2D eigenvalue weighted by Crippen LogP contribution is -2.46. The van der Waals surface area contributed by atoms with Crippen molar-refractivity contribution in [3.8, 4) is 0 Å². The maximum Gasteiger partial charge on any atom is 0.251 e. The molecule has 0 aromatic heterocycles. The summed E-state index contributed by atoms with van der Waals surface area (Å²) in [4.78, 5) is 25.9. The van der Waals surface area contributed by atoms with E-state index in [2.05, 4.69) is 24.5 Å². The lowest BCUT2D eigenvalue weighted by Gasteiger charge is -2.35. The van der Waals surface area contributed by atoms with Crippen molar-refractivity contribution in [2.45, 2.75) is 45.7 Å². The smallest absolute Gasteiger partial charge is 0.251 e. The van der Waals surface area contributed by atoms with Crippen LogP contribution in [-0.4, -0.2) is 43.4 Å². The molecule has 2 N–H and O–H groups in total. The summed E-state index contributed by atoms with van der Waals surface area (Å²) in [6, 6.07) is 7.80. The van der Waals surface area contributed by atoms with Crippen LogP contribution < -0.4 is 10.6 Å². The molecule has 1 saturated carbocycles. The molecule has 0 heterocycles. The maximum absolute atomic E-state index is 12.3. The Morgan fingerprint density at radius 2 is 1.84 bits per heavy atom. The number of hydrogen-bond acceptors (Lipinski definition) is 3. The normalized spacial score (nSPS) is 23.3. The molecule has 1 fully saturated rings. The third-order valence-corrected chi connectivity index (χ3v) is 5.36. The van der Waals surface area contributed by atoms with E-state index in [1.807, 2.05) is 36.2 Å². The first-order chi connectivity index (χ1) is 11.9. The standard InChI is InChI=1S/C20H31N3O2/c1-14-6-5-7-18(15(14)2)22-19(24)13-23(4)12-16-8-10-17(11-9-16)20(25)21-3/h8-11,14-15,18H,5-7,12-13H2,1-4H3,(H,21,25)(H,22,24). The number of carbonyl (C=O) groups excluding carboxylic acids is 2. The maximum atomic E-state index is 12.3. The number of nitrogens with one attached hydrogen (secondary N) is 2. The van der Waals surface area contributed by atoms with E-state index in [0.29, 0.717) is 36.5 Å². The molecule has 25 heavy (non-hydrogen) atoms. The van der Waals surface area contributed by atoms with E-state index in [1.54, 1.807) is 7.05 Å². The van der Waals surface area contributed by atoms with Crippen LogP contribution in [0.4, 0.5) is 0 Å². The Hall–Kier alpha value is -1.88. The number of carbonyl (C=O) groups is 2. The van der Waals surface area contributed by atoms with Crippen molar-refractivity contribution in [3.63, 3.8) is 0 Å². The fourth-order valence-electron chi connectivity index (χ4n) is 3.56. The number of nitrogens with zero attached hydrogens (tertiary/aromatic N) is 1. The first-order valence-electron chi connectivity index (χ1n) is 9.19. The van der Waals surface area contributed by atoms with Crippen LogP contribution in [0.2, 0.25) is 0 Å². The van der Waals surface area contributed by atoms with E-state index >= 15 is 0 Å². The summed E-state index contributed by atoms with van der Waals surface area (Å²) in [7, 11) is 3.57. The van der Waals surface area contributed by atoms with Gasteiger partial charge in [-0.2, -0.15) is 0 Å². The Kier molecular flexibility index (Phi) is 7.00. The first-order valence-corrected chi connectivity index (χ1v) is 9.19. The van der Waals surface area contributed by atoms with Gasteiger partial charge in [-0.25, -0.2) is 0 Å². The molecule has 1 aliphatic carbocycles. The second-order valence-electron chi connectivity index (χ2n) is 7.39. The summed E-state index contributed by atoms with van der Waals surface area (Å²) < 4.78 is 0. The van der Waals surface area contributed by atoms with Crippen molar-refractivity contribution in [3.05, 3.63) is 35.4 Å². The average Bonchev–Trinajstić information content (AvgIpc) is 2.58. The van der Waals surface area contributed by atoms with Gasteiger partial charge in [0.25, 0.3) is 5.91 Å². The molecule has 3 unspecified atom stereocenters. The molecule has 1 aliphatic rings. The van der Waals surface area contributed by atoms with Gasteiger partial charge in [0.15, 0.2) is 0 Å². The van der Waals surface area contributed by atoms with Crippen LogP contribution in [0, 0.1) is 11.8 Å². The van der Waals surface area contributed by atoms with Crippen LogP contribution >= 0.6 is 0 Å². The highest BCUT2D eigenvalue weighted by Crippen LogP contribution is 2.29. The number of amides is 2. The van der Waals surface area contributed by atoms with Gasteiger partial charge in [0, 0.05) is 25.2 Å². The monoisotopic (exact) mass is 345 g/mol. The van der Waals surface area contributed by atoms with E-state index in [-0.39, 0.29) is 11.8 Å². The summed E-state index contributed by atoms with van der Waals surface area (Å²) in [5, 5.41) is 5.82. The van der Waals surface area contributed by atoms with Crippen LogP contribution in [0.5, 0.6) is 0 Å². The molecule has 0 bridgehead atoms. The SMILES string of the molecule is CNC(=O)c1ccc(CN(C)CC(=O)NC2CCCC(C)C2C)cc1. The minimum atomic E-state index is -0.0879. The zero-order valence-electron chi connectivity index (χ0n) is 15.8. The molecule has 2 amide bonds. The molecule has 5 nitrogen and oxygen atoms in total. The van der Waals surface area contributed by atoms with E-state index in [9.17, 15) is 9.59 Å². The van der Waals surface area contributed by atoms with Gasteiger partial charge in [-0.05, 0) is 43.0 Å². The number of rotatable bonds is 6. The second kappa shape index (κ2) is 8.99. The van der Waals surface area contributed by atoms with Gasteiger partial charge < -0.3 is 10.6 Å². The third-order valence-electron chi connectivity index (χ3n) is 5.36. The Morgan fingerprint density at radius 1 is 1.16 bits per heavy atom. The lowest BCUT2D eigenvalue weighted by molar-refractivity contribution is -0.123. The minimum absolute atomic E-state index is 0.0879. The minimum Gasteiger partial charge on any atom is -0.355 e. The number of hydrogen-bond donors (Lipinski definition) is 2. The Balaban J connectivity index is 1.82. The van der Waals surface area contributed by atoms with Crippen molar-refractivity contribution in [1.29, 1.82) is 0 Å². The van der Waals surface area contributed by atoms with Crippen LogP contribution in [0.25, 0.3) is 0 Å². The molecule has 0 aliphatic heterocycles. The largest absolute Gasteiger partial charge is 0.355 e. The van der Waals surface area contributed by atoms with Crippen LogP contribution in [0.3, 0.4) is 0 Å². The number of benzene rings is 1. The predicted molar refractivity (Wildman–Crippen MR) is 100 cm³/mol. The molecule has 2 rings (SSSR count). The zero-order chi connectivity index (χ0) is 18.4. The molecular formula is C20H31N3O2. The van der Waals surface area contributed by atoms with Crippen LogP contribution in [-0.2, 0) is 11.3 Å². The van der Waals surface area contributed by atoms with Crippen LogP contribution in [0.15, 0.2) is 24.3 Å². The van der Waals surface area contributed by atoms with Crippen molar-refractivity contribution in [2.24, 2.45) is 11.8 Å². The van der Waals surface area contributed by atoms with Crippen molar-refractivity contribution >= 4 is 11.8 Å². The molecular weight excluding hydrogens is 314 g/mol. The lowest BCUT2D eigenvalue weighted by atomic mass is 9.78. The second-order valence-corrected chi connectivity index (χ2v) is 7.39. The summed E-state index contributed by atoms with van der Waals surface area (Å²) in [5.41, 5.74) is 1.73. The summed E-state index contributed by atoms with van der Waals surface area (Å²) in [6.45, 7) is 5.58. The molecule has 3 atom stereocenters. The van der Waals surface area contributed by atoms with Crippen molar-refractivity contribution in [1.82, 2.24) is 15.5 Å². The predicted octanol–water partition coefficient (Wildman–Crippen LogP) is 2.42. The topological polar surface area (TPSA) is 61.4 Å². The van der Waals surface area contributed by atoms with Gasteiger partial charge in [0.1, 0.15) is 0 Å². The van der Waals surface area contributed by atoms with Crippen LogP contribution in [0.1, 0.15) is 49.0 Å². The molecule has 0 saturated heterocycles. The van der Waals surface area contributed by atoms with E-state index in [1.165, 1.54) is 12.8 Å². The van der Waals surface area contributed by atoms with Crippen molar-refractivity contribution < 1.29 is 9.59 Å². The molecule has 0 spiro atoms. The summed E-state index contributed by atoms with van der Waals surface area (Å²) in [5.74, 6) is 1.22. The Morgan fingerprint density at radius 3 is 2.48 bits per heavy atom. The summed E-state index contributed by atoms with van der Waals surface area (Å²) >= 11 is 0. The van der Waals surface area contributed by atoms with Crippen molar-refractivity contribution in [2.75, 3.05) is 20.6 Å². The fourth-order valence-corrected chi connectivity index (χ4v) is 3.56. The molecule has 1 aromatic rings. The molecule has 1 aromatic carbocycles. The Bertz CT molecular complexity index is 585. The van der Waals surface area contributed by atoms with Gasteiger partial charge in [-0.15, -0.1) is 0 Å². The summed E-state index contributed by atoms with van der Waals surface area (Å²) in [6.07, 6.45) is 3.55. The molecule has 138 valence electrons. The number of likely N-dealkylation sites (N-methyl/N-ethyl adjacent to an activating group) is 1. The highest BCUT2D eigenvalue weighted by atomic mass is 16.2. The van der Waals surface area contributed by atoms with Gasteiger partial charge in [-0.3, -0.25) is 14.5 Å². The van der Waals surface area contributed by atoms with Gasteiger partial charge >= 0.3 is 0 Å². The van der Waals surface area contributed by atoms with Gasteiger partial charge in [0.2, 0.25) is 5.91 Å². The average molecular weight is 345 g/mol. The van der Waals surface area contributed by atoms with E-state index in [4.69, 9.17) is 0 Å². The van der Waals surface area contributed by atoms with E-state index in [0.717, 1.165) is 12.0 Å². The molecule has 5 heteroatoms. The molecule has 0 radical (unpaired) electrons. The van der Waals surface area contributed by atoms with Gasteiger partial charge in [0.05, 0.1) is 6.54 Å². The highest BCUT2D eigenvalue weighted by Gasteiger charge is 2.28. The quantitative estimate of drug-likeness (QED) is 0.832. The fraction of sp³-hybridized carbons (Fsp3) is 0.600. The Labute approximate surface area is 151 Å². The van der Waals surface area contributed by atoms with E-state index < -0.39 is 0 Å². The zero-order valence-corrected chi connectivity index (χ0v) is 15.8. The first kappa shape index (κ1) is 19.4. The highest BCUT2D eigenvalue weighted by molar-refractivity contribution is 5.93.